The minimum Gasteiger partial charge on any atom is -0.390 e. The van der Waals surface area contributed by atoms with Gasteiger partial charge in [0.15, 0.2) is 0 Å². The van der Waals surface area contributed by atoms with Crippen molar-refractivity contribution in [2.24, 2.45) is 0 Å². The Morgan fingerprint density at radius 2 is 2.23 bits per heavy atom. The highest BCUT2D eigenvalue weighted by atomic mass is 16.3. The molecule has 5 nitrogen and oxygen atoms in total. The third-order valence-electron chi connectivity index (χ3n) is 1.80. The van der Waals surface area contributed by atoms with Crippen molar-refractivity contribution in [1.82, 2.24) is 19.6 Å². The second-order valence-corrected chi connectivity index (χ2v) is 2.67. The van der Waals surface area contributed by atoms with Gasteiger partial charge in [0.25, 0.3) is 0 Å². The van der Waals surface area contributed by atoms with Gasteiger partial charge in [0.05, 0.1) is 12.3 Å². The number of aliphatic hydroxyl groups excluding tert-OH is 1. The number of rotatable bonds is 3. The predicted molar refractivity (Wildman–Crippen MR) is 45.8 cm³/mol. The molecule has 0 bridgehead atoms. The maximum absolute atomic E-state index is 8.95. The number of nitrogens with zero attached hydrogens (tertiary/aromatic N) is 4. The molecule has 2 aromatic rings. The molecule has 2 rings (SSSR count). The van der Waals surface area contributed by atoms with Crippen molar-refractivity contribution in [1.29, 1.82) is 0 Å². The van der Waals surface area contributed by atoms with Gasteiger partial charge in [-0.1, -0.05) is 0 Å². The highest BCUT2D eigenvalue weighted by Gasteiger charge is 2.00. The van der Waals surface area contributed by atoms with E-state index in [0.29, 0.717) is 6.67 Å². The molecule has 0 spiro atoms. The molecule has 2 aromatic heterocycles. The lowest BCUT2D eigenvalue weighted by molar-refractivity contribution is 0.265. The van der Waals surface area contributed by atoms with Crippen LogP contribution in [0.5, 0.6) is 0 Å². The van der Waals surface area contributed by atoms with Crippen LogP contribution in [0.3, 0.4) is 0 Å². The molecule has 5 heteroatoms. The van der Waals surface area contributed by atoms with Gasteiger partial charge >= 0.3 is 0 Å². The molecule has 0 unspecified atom stereocenters. The van der Waals surface area contributed by atoms with E-state index in [1.165, 1.54) is 0 Å². The van der Waals surface area contributed by atoms with Crippen LogP contribution in [0.25, 0.3) is 0 Å². The highest BCUT2D eigenvalue weighted by Crippen LogP contribution is 1.98. The highest BCUT2D eigenvalue weighted by molar-refractivity contribution is 4.98. The predicted octanol–water partition coefficient (Wildman–Crippen LogP) is 0.0777. The molecule has 0 aromatic carbocycles. The molecule has 0 saturated heterocycles. The summed E-state index contributed by atoms with van der Waals surface area (Å²) < 4.78 is 3.44. The molecule has 13 heavy (non-hydrogen) atoms. The van der Waals surface area contributed by atoms with Crippen LogP contribution in [0.2, 0.25) is 0 Å². The summed E-state index contributed by atoms with van der Waals surface area (Å²) in [5.41, 5.74) is 0.788. The van der Waals surface area contributed by atoms with E-state index in [1.54, 1.807) is 27.8 Å². The first kappa shape index (κ1) is 8.00. The van der Waals surface area contributed by atoms with Crippen LogP contribution in [-0.4, -0.2) is 24.7 Å². The fourth-order valence-corrected chi connectivity index (χ4v) is 1.14. The van der Waals surface area contributed by atoms with Crippen LogP contribution in [0.15, 0.2) is 30.7 Å². The largest absolute Gasteiger partial charge is 0.390 e. The van der Waals surface area contributed by atoms with Gasteiger partial charge in [-0.25, -0.2) is 4.68 Å². The van der Waals surface area contributed by atoms with Crippen LogP contribution in [0, 0.1) is 0 Å². The van der Waals surface area contributed by atoms with Crippen molar-refractivity contribution in [3.63, 3.8) is 0 Å². The standard InChI is InChI=1S/C8H10N4O/c13-6-8-2-4-10-12(8)7-11-5-1-3-9-11/h1-5,13H,6-7H2. The van der Waals surface area contributed by atoms with Crippen LogP contribution in [0.1, 0.15) is 5.69 Å². The van der Waals surface area contributed by atoms with Gasteiger partial charge in [-0.3, -0.25) is 4.68 Å². The van der Waals surface area contributed by atoms with Crippen LogP contribution in [-0.2, 0) is 13.3 Å². The van der Waals surface area contributed by atoms with Crippen LogP contribution >= 0.6 is 0 Å². The number of hydrogen-bond acceptors (Lipinski definition) is 3. The monoisotopic (exact) mass is 178 g/mol. The second-order valence-electron chi connectivity index (χ2n) is 2.67. The van der Waals surface area contributed by atoms with Gasteiger partial charge in [0.1, 0.15) is 6.67 Å². The third kappa shape index (κ3) is 1.59. The van der Waals surface area contributed by atoms with Crippen molar-refractivity contribution < 1.29 is 5.11 Å². The molecule has 1 N–H and O–H groups in total. The summed E-state index contributed by atoms with van der Waals surface area (Å²) in [5, 5.41) is 17.0. The Labute approximate surface area is 75.2 Å². The molecule has 2 heterocycles. The van der Waals surface area contributed by atoms with E-state index in [0.717, 1.165) is 5.69 Å². The minimum atomic E-state index is 0.00126. The summed E-state index contributed by atoms with van der Waals surface area (Å²) >= 11 is 0. The molecular weight excluding hydrogens is 168 g/mol. The smallest absolute Gasteiger partial charge is 0.133 e. The molecule has 0 atom stereocenters. The fourth-order valence-electron chi connectivity index (χ4n) is 1.14. The molecule has 0 aliphatic rings. The van der Waals surface area contributed by atoms with Gasteiger partial charge in [-0.05, 0) is 12.1 Å². The Hall–Kier alpha value is -1.62. The molecule has 0 saturated carbocycles. The lowest BCUT2D eigenvalue weighted by atomic mass is 10.5. The lowest BCUT2D eigenvalue weighted by Gasteiger charge is -2.04. The first-order chi connectivity index (χ1) is 6.40. The number of hydrogen-bond donors (Lipinski definition) is 1. The van der Waals surface area contributed by atoms with Crippen LogP contribution < -0.4 is 0 Å². The van der Waals surface area contributed by atoms with Crippen molar-refractivity contribution in [2.45, 2.75) is 13.3 Å². The first-order valence-corrected chi connectivity index (χ1v) is 3.99. The van der Waals surface area contributed by atoms with Crippen LogP contribution in [0.4, 0.5) is 0 Å². The topological polar surface area (TPSA) is 55.9 Å². The summed E-state index contributed by atoms with van der Waals surface area (Å²) in [4.78, 5) is 0. The van der Waals surface area contributed by atoms with E-state index in [2.05, 4.69) is 10.2 Å². The number of aliphatic hydroxyl groups is 1. The van der Waals surface area contributed by atoms with E-state index >= 15 is 0 Å². The van der Waals surface area contributed by atoms with E-state index < -0.39 is 0 Å². The molecule has 0 amide bonds. The van der Waals surface area contributed by atoms with Gasteiger partial charge in [0, 0.05) is 18.6 Å². The van der Waals surface area contributed by atoms with Gasteiger partial charge in [-0.2, -0.15) is 10.2 Å². The molecule has 0 aliphatic carbocycles. The average Bonchev–Trinajstić information content (AvgIpc) is 2.76. The van der Waals surface area contributed by atoms with Gasteiger partial charge in [0.2, 0.25) is 0 Å². The zero-order valence-corrected chi connectivity index (χ0v) is 7.04. The van der Waals surface area contributed by atoms with Crippen molar-refractivity contribution in [3.05, 3.63) is 36.4 Å². The number of aromatic nitrogens is 4. The molecular formula is C8H10N4O. The molecule has 0 aliphatic heterocycles. The van der Waals surface area contributed by atoms with Crippen molar-refractivity contribution >= 4 is 0 Å². The Balaban J connectivity index is 2.18. The van der Waals surface area contributed by atoms with E-state index in [-0.39, 0.29) is 6.61 Å². The Bertz CT molecular complexity index is 365. The Kier molecular flexibility index (Phi) is 2.09. The molecule has 68 valence electrons. The Morgan fingerprint density at radius 1 is 1.31 bits per heavy atom. The quantitative estimate of drug-likeness (QED) is 0.724. The molecule has 0 radical (unpaired) electrons. The zero-order valence-electron chi connectivity index (χ0n) is 7.04. The summed E-state index contributed by atoms with van der Waals surface area (Å²) in [7, 11) is 0. The molecule has 0 fully saturated rings. The maximum atomic E-state index is 8.95. The SMILES string of the molecule is OCc1ccnn1Cn1cccn1. The fraction of sp³-hybridized carbons (Fsp3) is 0.250. The van der Waals surface area contributed by atoms with E-state index in [4.69, 9.17) is 5.11 Å². The normalized spacial score (nSPS) is 10.5. The first-order valence-electron chi connectivity index (χ1n) is 3.99. The van der Waals surface area contributed by atoms with Gasteiger partial charge in [-0.15, -0.1) is 0 Å². The minimum absolute atomic E-state index is 0.00126. The zero-order chi connectivity index (χ0) is 9.10. The summed E-state index contributed by atoms with van der Waals surface area (Å²) in [5.74, 6) is 0. The summed E-state index contributed by atoms with van der Waals surface area (Å²) in [6, 6.07) is 3.63. The third-order valence-corrected chi connectivity index (χ3v) is 1.80. The summed E-state index contributed by atoms with van der Waals surface area (Å²) in [6.45, 7) is 0.539. The van der Waals surface area contributed by atoms with E-state index in [1.807, 2.05) is 12.3 Å². The second kappa shape index (κ2) is 3.40. The average molecular weight is 178 g/mol. The van der Waals surface area contributed by atoms with Gasteiger partial charge < -0.3 is 5.11 Å². The van der Waals surface area contributed by atoms with Crippen molar-refractivity contribution in [3.8, 4) is 0 Å². The maximum Gasteiger partial charge on any atom is 0.133 e. The van der Waals surface area contributed by atoms with Crippen molar-refractivity contribution in [2.75, 3.05) is 0 Å². The summed E-state index contributed by atoms with van der Waals surface area (Å²) in [6.07, 6.45) is 5.22. The Morgan fingerprint density at radius 3 is 2.92 bits per heavy atom. The lowest BCUT2D eigenvalue weighted by Crippen LogP contribution is -2.12. The van der Waals surface area contributed by atoms with E-state index in [9.17, 15) is 0 Å².